The molecule has 36 heavy (non-hydrogen) atoms. The Labute approximate surface area is 206 Å². The van der Waals surface area contributed by atoms with Crippen LogP contribution in [0, 0.1) is 11.6 Å². The largest absolute Gasteiger partial charge is 0.478 e. The van der Waals surface area contributed by atoms with Crippen LogP contribution >= 0.6 is 0 Å². The second-order valence-electron chi connectivity index (χ2n) is 8.81. The van der Waals surface area contributed by atoms with E-state index < -0.39 is 23.2 Å². The fraction of sp³-hybridized carbons (Fsp3) is 0.222. The number of rotatable bonds is 6. The van der Waals surface area contributed by atoms with Crippen LogP contribution in [0.3, 0.4) is 0 Å². The van der Waals surface area contributed by atoms with Gasteiger partial charge >= 0.3 is 5.97 Å². The average molecular weight is 490 g/mol. The summed E-state index contributed by atoms with van der Waals surface area (Å²) in [5, 5.41) is 13.1. The van der Waals surface area contributed by atoms with Gasteiger partial charge in [-0.15, -0.1) is 0 Å². The van der Waals surface area contributed by atoms with Gasteiger partial charge in [0.25, 0.3) is 0 Å². The van der Waals surface area contributed by atoms with Gasteiger partial charge in [0.05, 0.1) is 5.56 Å². The summed E-state index contributed by atoms with van der Waals surface area (Å²) < 4.78 is 31.1. The number of anilines is 1. The molecule has 5 rings (SSSR count). The first kappa shape index (κ1) is 23.6. The number of nitrogens with one attached hydrogen (secondary N) is 1. The highest BCUT2D eigenvalue weighted by Gasteiger charge is 2.22. The highest BCUT2D eigenvalue weighted by atomic mass is 19.1. The van der Waals surface area contributed by atoms with E-state index in [0.29, 0.717) is 31.6 Å². The molecule has 0 spiro atoms. The Morgan fingerprint density at radius 3 is 2.53 bits per heavy atom. The van der Waals surface area contributed by atoms with Gasteiger partial charge in [0.1, 0.15) is 23.1 Å². The summed E-state index contributed by atoms with van der Waals surface area (Å²) in [6, 6.07) is 9.82. The fourth-order valence-corrected chi connectivity index (χ4v) is 4.69. The molecule has 0 saturated carbocycles. The zero-order valence-corrected chi connectivity index (χ0v) is 19.9. The molecule has 7 nitrogen and oxygen atoms in total. The SMILES string of the molecule is CNc1ccc(-c2ccnc3c2cc(CN2CC=C(c4c(F)cc(C(=O)O)cc4F)CC2)n3C)cn1. The first-order valence-electron chi connectivity index (χ1n) is 11.6. The highest BCUT2D eigenvalue weighted by Crippen LogP contribution is 2.32. The lowest BCUT2D eigenvalue weighted by Gasteiger charge is -2.27. The van der Waals surface area contributed by atoms with Crippen LogP contribution in [-0.2, 0) is 13.6 Å². The van der Waals surface area contributed by atoms with Gasteiger partial charge in [-0.05, 0) is 54.0 Å². The van der Waals surface area contributed by atoms with Gasteiger partial charge < -0.3 is 15.0 Å². The predicted molar refractivity (Wildman–Crippen MR) is 135 cm³/mol. The van der Waals surface area contributed by atoms with Crippen molar-refractivity contribution in [1.82, 2.24) is 19.4 Å². The van der Waals surface area contributed by atoms with Crippen LogP contribution in [0.4, 0.5) is 14.6 Å². The van der Waals surface area contributed by atoms with Crippen LogP contribution in [-0.4, -0.2) is 50.6 Å². The third kappa shape index (κ3) is 4.33. The quantitative estimate of drug-likeness (QED) is 0.399. The van der Waals surface area contributed by atoms with Crippen LogP contribution < -0.4 is 5.32 Å². The lowest BCUT2D eigenvalue weighted by atomic mass is 9.97. The maximum Gasteiger partial charge on any atom is 0.335 e. The predicted octanol–water partition coefficient (Wildman–Crippen LogP) is 4.94. The molecule has 0 radical (unpaired) electrons. The van der Waals surface area contributed by atoms with Crippen LogP contribution in [0.15, 0.2) is 54.9 Å². The molecule has 9 heteroatoms. The Morgan fingerprint density at radius 2 is 1.92 bits per heavy atom. The number of fused-ring (bicyclic) bond motifs is 1. The molecule has 0 saturated heterocycles. The summed E-state index contributed by atoms with van der Waals surface area (Å²) in [5.74, 6) is -2.26. The number of aromatic nitrogens is 3. The number of carboxylic acid groups (broad SMARTS) is 1. The third-order valence-corrected chi connectivity index (χ3v) is 6.65. The molecular formula is C27H25F2N5O2. The Bertz CT molecular complexity index is 1470. The Hall–Kier alpha value is -4.11. The molecule has 1 aromatic carbocycles. The van der Waals surface area contributed by atoms with E-state index in [4.69, 9.17) is 5.11 Å². The van der Waals surface area contributed by atoms with Gasteiger partial charge in [0, 0.05) is 68.3 Å². The minimum absolute atomic E-state index is 0.143. The van der Waals surface area contributed by atoms with Gasteiger partial charge in [-0.2, -0.15) is 0 Å². The second kappa shape index (κ2) is 9.50. The van der Waals surface area contributed by atoms with Gasteiger partial charge in [0.2, 0.25) is 0 Å². The molecule has 0 fully saturated rings. The number of carboxylic acids is 1. The van der Waals surface area contributed by atoms with Gasteiger partial charge in [-0.3, -0.25) is 4.90 Å². The van der Waals surface area contributed by atoms with Crippen molar-refractivity contribution in [2.45, 2.75) is 13.0 Å². The lowest BCUT2D eigenvalue weighted by Crippen LogP contribution is -2.29. The van der Waals surface area contributed by atoms with E-state index >= 15 is 0 Å². The summed E-state index contributed by atoms with van der Waals surface area (Å²) in [7, 11) is 3.81. The molecule has 0 unspecified atom stereocenters. The monoisotopic (exact) mass is 489 g/mol. The number of hydrogen-bond acceptors (Lipinski definition) is 5. The summed E-state index contributed by atoms with van der Waals surface area (Å²) in [6.07, 6.45) is 5.90. The molecule has 3 aromatic heterocycles. The van der Waals surface area contributed by atoms with Crippen molar-refractivity contribution in [3.8, 4) is 11.1 Å². The average Bonchev–Trinajstić information content (AvgIpc) is 3.19. The molecule has 1 aliphatic heterocycles. The molecule has 4 heterocycles. The molecule has 2 N–H and O–H groups in total. The van der Waals surface area contributed by atoms with E-state index in [0.717, 1.165) is 45.8 Å². The summed E-state index contributed by atoms with van der Waals surface area (Å²) in [4.78, 5) is 22.3. The minimum atomic E-state index is -1.36. The van der Waals surface area contributed by atoms with Gasteiger partial charge in [-0.25, -0.2) is 23.5 Å². The van der Waals surface area contributed by atoms with Crippen LogP contribution in [0.25, 0.3) is 27.7 Å². The lowest BCUT2D eigenvalue weighted by molar-refractivity contribution is 0.0695. The second-order valence-corrected chi connectivity index (χ2v) is 8.81. The van der Waals surface area contributed by atoms with Crippen LogP contribution in [0.2, 0.25) is 0 Å². The maximum absolute atomic E-state index is 14.5. The van der Waals surface area contributed by atoms with Crippen molar-refractivity contribution in [3.05, 3.63) is 83.3 Å². The number of carbonyl (C=O) groups is 1. The molecule has 0 aliphatic carbocycles. The molecule has 0 bridgehead atoms. The smallest absolute Gasteiger partial charge is 0.335 e. The van der Waals surface area contributed by atoms with E-state index in [1.54, 1.807) is 6.20 Å². The first-order valence-corrected chi connectivity index (χ1v) is 11.6. The van der Waals surface area contributed by atoms with E-state index in [2.05, 4.69) is 30.8 Å². The van der Waals surface area contributed by atoms with Crippen LogP contribution in [0.5, 0.6) is 0 Å². The normalized spacial score (nSPS) is 14.2. The topological polar surface area (TPSA) is 83.3 Å². The summed E-state index contributed by atoms with van der Waals surface area (Å²) >= 11 is 0. The summed E-state index contributed by atoms with van der Waals surface area (Å²) in [6.45, 7) is 1.78. The third-order valence-electron chi connectivity index (χ3n) is 6.65. The standard InChI is InChI=1S/C27H25F2N5O2/c1-30-24-4-3-17(14-32-24)20-5-8-31-26-21(20)13-19(33(26)2)15-34-9-6-16(7-10-34)25-22(28)11-18(27(35)36)12-23(25)29/h3-6,8,11-14H,7,9-10,15H2,1-2H3,(H,30,32)(H,35,36). The molecule has 184 valence electrons. The van der Waals surface area contributed by atoms with E-state index in [9.17, 15) is 13.6 Å². The number of nitrogens with zero attached hydrogens (tertiary/aromatic N) is 4. The molecule has 0 amide bonds. The molecular weight excluding hydrogens is 464 g/mol. The molecule has 4 aromatic rings. The minimum Gasteiger partial charge on any atom is -0.478 e. The Morgan fingerprint density at radius 1 is 1.14 bits per heavy atom. The number of benzene rings is 1. The van der Waals surface area contributed by atoms with Crippen molar-refractivity contribution >= 4 is 28.4 Å². The summed E-state index contributed by atoms with van der Waals surface area (Å²) in [5.41, 5.74) is 4.01. The number of aromatic carboxylic acids is 1. The van der Waals surface area contributed by atoms with Crippen molar-refractivity contribution in [1.29, 1.82) is 0 Å². The molecule has 0 atom stereocenters. The van der Waals surface area contributed by atoms with Gasteiger partial charge in [-0.1, -0.05) is 6.08 Å². The zero-order chi connectivity index (χ0) is 25.4. The van der Waals surface area contributed by atoms with Crippen molar-refractivity contribution < 1.29 is 18.7 Å². The zero-order valence-electron chi connectivity index (χ0n) is 19.9. The van der Waals surface area contributed by atoms with E-state index in [-0.39, 0.29) is 5.56 Å². The Kier molecular flexibility index (Phi) is 6.24. The van der Waals surface area contributed by atoms with Gasteiger partial charge in [0.15, 0.2) is 0 Å². The van der Waals surface area contributed by atoms with Crippen molar-refractivity contribution in [2.24, 2.45) is 7.05 Å². The van der Waals surface area contributed by atoms with Crippen molar-refractivity contribution in [3.63, 3.8) is 0 Å². The number of pyridine rings is 2. The van der Waals surface area contributed by atoms with E-state index in [1.165, 1.54) is 0 Å². The Balaban J connectivity index is 1.38. The van der Waals surface area contributed by atoms with Crippen molar-refractivity contribution in [2.75, 3.05) is 25.5 Å². The fourth-order valence-electron chi connectivity index (χ4n) is 4.69. The maximum atomic E-state index is 14.5. The van der Waals surface area contributed by atoms with Crippen LogP contribution in [0.1, 0.15) is 28.0 Å². The number of halogens is 2. The molecule has 1 aliphatic rings. The van der Waals surface area contributed by atoms with E-state index in [1.807, 2.05) is 44.6 Å². The number of hydrogen-bond donors (Lipinski definition) is 2. The highest BCUT2D eigenvalue weighted by molar-refractivity contribution is 5.94. The first-order chi connectivity index (χ1) is 17.4. The number of aryl methyl sites for hydroxylation is 1.